The first kappa shape index (κ1) is 13.3. The Bertz CT molecular complexity index is 558. The van der Waals surface area contributed by atoms with Gasteiger partial charge in [0.25, 0.3) is 0 Å². The van der Waals surface area contributed by atoms with E-state index in [2.05, 4.69) is 30.9 Å². The minimum Gasteiger partial charge on any atom is -0.266 e. The van der Waals surface area contributed by atoms with Crippen LogP contribution < -0.4 is 0 Å². The van der Waals surface area contributed by atoms with Crippen LogP contribution >= 0.6 is 11.6 Å². The Kier molecular flexibility index (Phi) is 3.91. The van der Waals surface area contributed by atoms with Gasteiger partial charge in [-0.2, -0.15) is 5.10 Å². The lowest BCUT2D eigenvalue weighted by Gasteiger charge is -2.08. The summed E-state index contributed by atoms with van der Waals surface area (Å²) in [6.45, 7) is 6.53. The van der Waals surface area contributed by atoms with Crippen LogP contribution in [-0.2, 0) is 13.5 Å². The molecule has 2 aromatic rings. The van der Waals surface area contributed by atoms with Gasteiger partial charge in [-0.15, -0.1) is 0 Å². The number of hydrogen-bond acceptors (Lipinski definition) is 2. The number of aryl methyl sites for hydroxylation is 2. The number of hydrogen-bond donors (Lipinski definition) is 0. The SMILES string of the molecule is CCCCc1nn(C)c2c(C(C)C)cc(Cl)nc12. The van der Waals surface area contributed by atoms with Crippen LogP contribution in [0, 0.1) is 0 Å². The average Bonchev–Trinajstić information content (AvgIpc) is 2.62. The molecule has 18 heavy (non-hydrogen) atoms. The monoisotopic (exact) mass is 265 g/mol. The second-order valence-electron chi connectivity index (χ2n) is 5.06. The Morgan fingerprint density at radius 1 is 1.39 bits per heavy atom. The van der Waals surface area contributed by atoms with E-state index in [-0.39, 0.29) is 0 Å². The number of unbranched alkanes of at least 4 members (excludes halogenated alkanes) is 1. The fraction of sp³-hybridized carbons (Fsp3) is 0.571. The Balaban J connectivity index is 2.63. The molecule has 0 bridgehead atoms. The van der Waals surface area contributed by atoms with Crippen LogP contribution in [0.1, 0.15) is 50.8 Å². The number of aromatic nitrogens is 3. The topological polar surface area (TPSA) is 30.7 Å². The average molecular weight is 266 g/mol. The second-order valence-corrected chi connectivity index (χ2v) is 5.45. The maximum atomic E-state index is 6.14. The number of fused-ring (bicyclic) bond motifs is 1. The van der Waals surface area contributed by atoms with Gasteiger partial charge in [0.1, 0.15) is 10.7 Å². The number of pyridine rings is 1. The Labute approximate surface area is 113 Å². The van der Waals surface area contributed by atoms with Gasteiger partial charge in [-0.05, 0) is 30.4 Å². The molecule has 2 aromatic heterocycles. The maximum absolute atomic E-state index is 6.14. The minimum atomic E-state index is 0.419. The minimum absolute atomic E-state index is 0.419. The van der Waals surface area contributed by atoms with Crippen molar-refractivity contribution in [3.05, 3.63) is 22.5 Å². The van der Waals surface area contributed by atoms with Gasteiger partial charge in [0.2, 0.25) is 0 Å². The molecule has 0 spiro atoms. The zero-order valence-electron chi connectivity index (χ0n) is 11.5. The van der Waals surface area contributed by atoms with E-state index in [0.717, 1.165) is 36.0 Å². The fourth-order valence-electron chi connectivity index (χ4n) is 2.30. The molecule has 0 unspecified atom stereocenters. The van der Waals surface area contributed by atoms with Crippen LogP contribution in [0.3, 0.4) is 0 Å². The van der Waals surface area contributed by atoms with Crippen molar-refractivity contribution in [2.45, 2.75) is 46.0 Å². The predicted molar refractivity (Wildman–Crippen MR) is 76.2 cm³/mol. The third-order valence-electron chi connectivity index (χ3n) is 3.25. The number of rotatable bonds is 4. The van der Waals surface area contributed by atoms with E-state index in [1.807, 2.05) is 17.8 Å². The van der Waals surface area contributed by atoms with Crippen molar-refractivity contribution < 1.29 is 0 Å². The first-order valence-corrected chi connectivity index (χ1v) is 6.94. The first-order chi connectivity index (χ1) is 8.54. The highest BCUT2D eigenvalue weighted by molar-refractivity contribution is 6.29. The molecule has 0 radical (unpaired) electrons. The first-order valence-electron chi connectivity index (χ1n) is 6.56. The van der Waals surface area contributed by atoms with Crippen LogP contribution in [-0.4, -0.2) is 14.8 Å². The largest absolute Gasteiger partial charge is 0.266 e. The van der Waals surface area contributed by atoms with Gasteiger partial charge < -0.3 is 0 Å². The van der Waals surface area contributed by atoms with E-state index < -0.39 is 0 Å². The van der Waals surface area contributed by atoms with Gasteiger partial charge >= 0.3 is 0 Å². The highest BCUT2D eigenvalue weighted by Crippen LogP contribution is 2.29. The third kappa shape index (κ3) is 2.37. The van der Waals surface area contributed by atoms with E-state index in [0.29, 0.717) is 11.1 Å². The summed E-state index contributed by atoms with van der Waals surface area (Å²) in [6, 6.07) is 1.96. The lowest BCUT2D eigenvalue weighted by atomic mass is 10.0. The Morgan fingerprint density at radius 3 is 2.72 bits per heavy atom. The molecule has 98 valence electrons. The summed E-state index contributed by atoms with van der Waals surface area (Å²) >= 11 is 6.14. The van der Waals surface area contributed by atoms with Gasteiger partial charge in [0.15, 0.2) is 0 Å². The molecule has 0 atom stereocenters. The maximum Gasteiger partial charge on any atom is 0.130 e. The van der Waals surface area contributed by atoms with E-state index in [1.54, 1.807) is 0 Å². The van der Waals surface area contributed by atoms with E-state index in [4.69, 9.17) is 11.6 Å². The standard InChI is InChI=1S/C14H20ClN3/c1-5-6-7-11-13-14(18(4)17-11)10(9(2)3)8-12(15)16-13/h8-9H,5-7H2,1-4H3. The van der Waals surface area contributed by atoms with Crippen molar-refractivity contribution in [2.24, 2.45) is 7.05 Å². The number of nitrogens with zero attached hydrogens (tertiary/aromatic N) is 3. The molecule has 3 nitrogen and oxygen atoms in total. The van der Waals surface area contributed by atoms with E-state index in [1.165, 1.54) is 5.56 Å². The zero-order valence-corrected chi connectivity index (χ0v) is 12.3. The van der Waals surface area contributed by atoms with Crippen LogP contribution in [0.2, 0.25) is 5.15 Å². The fourth-order valence-corrected chi connectivity index (χ4v) is 2.50. The van der Waals surface area contributed by atoms with Crippen LogP contribution in [0.15, 0.2) is 6.07 Å². The highest BCUT2D eigenvalue weighted by atomic mass is 35.5. The molecule has 0 aromatic carbocycles. The Hall–Kier alpha value is -1.09. The quantitative estimate of drug-likeness (QED) is 0.780. The molecule has 0 aliphatic heterocycles. The van der Waals surface area contributed by atoms with Crippen molar-refractivity contribution in [2.75, 3.05) is 0 Å². The van der Waals surface area contributed by atoms with E-state index in [9.17, 15) is 0 Å². The van der Waals surface area contributed by atoms with Crippen molar-refractivity contribution in [1.29, 1.82) is 0 Å². The van der Waals surface area contributed by atoms with Crippen LogP contribution in [0.25, 0.3) is 11.0 Å². The summed E-state index contributed by atoms with van der Waals surface area (Å²) in [7, 11) is 1.99. The smallest absolute Gasteiger partial charge is 0.130 e. The molecular formula is C14H20ClN3. The van der Waals surface area contributed by atoms with Crippen molar-refractivity contribution in [3.63, 3.8) is 0 Å². The molecule has 0 amide bonds. The molecule has 0 aliphatic rings. The summed E-state index contributed by atoms with van der Waals surface area (Å²) in [5.74, 6) is 0.419. The van der Waals surface area contributed by atoms with Gasteiger partial charge in [-0.3, -0.25) is 4.68 Å². The van der Waals surface area contributed by atoms with Gasteiger partial charge in [0.05, 0.1) is 11.2 Å². The van der Waals surface area contributed by atoms with Gasteiger partial charge in [-0.1, -0.05) is 38.8 Å². The lowest BCUT2D eigenvalue weighted by Crippen LogP contribution is -1.97. The normalized spacial score (nSPS) is 11.7. The summed E-state index contributed by atoms with van der Waals surface area (Å²) in [4.78, 5) is 4.47. The molecule has 0 saturated heterocycles. The summed E-state index contributed by atoms with van der Waals surface area (Å²) < 4.78 is 1.94. The van der Waals surface area contributed by atoms with Crippen molar-refractivity contribution >= 4 is 22.6 Å². The molecule has 0 aliphatic carbocycles. The van der Waals surface area contributed by atoms with Crippen LogP contribution in [0.4, 0.5) is 0 Å². The number of halogens is 1. The molecule has 2 rings (SSSR count). The Morgan fingerprint density at radius 2 is 2.11 bits per heavy atom. The third-order valence-corrected chi connectivity index (χ3v) is 3.44. The zero-order chi connectivity index (χ0) is 13.3. The summed E-state index contributed by atoms with van der Waals surface area (Å²) in [5.41, 5.74) is 4.39. The molecule has 2 heterocycles. The lowest BCUT2D eigenvalue weighted by molar-refractivity contribution is 0.722. The highest BCUT2D eigenvalue weighted by Gasteiger charge is 2.16. The second kappa shape index (κ2) is 5.27. The molecular weight excluding hydrogens is 246 g/mol. The predicted octanol–water partition coefficient (Wildman–Crippen LogP) is 4.09. The summed E-state index contributed by atoms with van der Waals surface area (Å²) in [6.07, 6.45) is 3.27. The summed E-state index contributed by atoms with van der Waals surface area (Å²) in [5, 5.41) is 5.17. The molecule has 0 fully saturated rings. The molecule has 0 N–H and O–H groups in total. The van der Waals surface area contributed by atoms with Gasteiger partial charge in [-0.25, -0.2) is 4.98 Å². The molecule has 4 heteroatoms. The van der Waals surface area contributed by atoms with Crippen molar-refractivity contribution in [1.82, 2.24) is 14.8 Å². The van der Waals surface area contributed by atoms with Crippen LogP contribution in [0.5, 0.6) is 0 Å². The molecule has 0 saturated carbocycles. The van der Waals surface area contributed by atoms with Gasteiger partial charge in [0, 0.05) is 7.05 Å². The van der Waals surface area contributed by atoms with E-state index >= 15 is 0 Å². The van der Waals surface area contributed by atoms with Crippen molar-refractivity contribution in [3.8, 4) is 0 Å².